The van der Waals surface area contributed by atoms with Gasteiger partial charge < -0.3 is 15.6 Å². The summed E-state index contributed by atoms with van der Waals surface area (Å²) in [4.78, 5) is 24.2. The van der Waals surface area contributed by atoms with E-state index in [-0.39, 0.29) is 22.4 Å². The van der Waals surface area contributed by atoms with E-state index in [2.05, 4.69) is 20.6 Å². The zero-order chi connectivity index (χ0) is 15.9. The van der Waals surface area contributed by atoms with E-state index >= 15 is 0 Å². The van der Waals surface area contributed by atoms with Crippen LogP contribution in [0.1, 0.15) is 6.92 Å². The lowest BCUT2D eigenvalue weighted by atomic mass is 10.1. The summed E-state index contributed by atoms with van der Waals surface area (Å²) in [6.07, 6.45) is -1.47. The molecular weight excluding hydrogens is 332 g/mol. The summed E-state index contributed by atoms with van der Waals surface area (Å²) in [5, 5.41) is 22.3. The van der Waals surface area contributed by atoms with Gasteiger partial charge in [-0.1, -0.05) is 11.8 Å². The van der Waals surface area contributed by atoms with E-state index in [1.54, 1.807) is 0 Å². The number of carbonyl (C=O) groups is 2. The highest BCUT2D eigenvalue weighted by Gasteiger charge is 2.52. The van der Waals surface area contributed by atoms with Gasteiger partial charge in [-0.2, -0.15) is 0 Å². The minimum absolute atomic E-state index is 0.0513. The first kappa shape index (κ1) is 15.1. The SMILES string of the molecule is CC(Sc1nnn[nH]1)C1=C(OC(=O)O)N2C(=O)C(N)[C@@H]2SC1. The fourth-order valence-electron chi connectivity index (χ4n) is 2.20. The highest BCUT2D eigenvalue weighted by Crippen LogP contribution is 2.42. The zero-order valence-electron chi connectivity index (χ0n) is 11.3. The van der Waals surface area contributed by atoms with Crippen molar-refractivity contribution >= 4 is 35.6 Å². The lowest BCUT2D eigenvalue weighted by Crippen LogP contribution is -2.68. The summed E-state index contributed by atoms with van der Waals surface area (Å²) >= 11 is 2.79. The number of thioether (sulfide) groups is 2. The van der Waals surface area contributed by atoms with Crippen LogP contribution < -0.4 is 5.73 Å². The van der Waals surface area contributed by atoms with Crippen LogP contribution in [0.3, 0.4) is 0 Å². The number of hydrogen-bond acceptors (Lipinski definition) is 9. The maximum atomic E-state index is 11.9. The molecule has 0 aliphatic carbocycles. The van der Waals surface area contributed by atoms with Crippen molar-refractivity contribution in [2.45, 2.75) is 28.7 Å². The van der Waals surface area contributed by atoms with Crippen molar-refractivity contribution in [1.82, 2.24) is 25.5 Å². The fourth-order valence-corrected chi connectivity index (χ4v) is 4.54. The molecule has 0 radical (unpaired) electrons. The van der Waals surface area contributed by atoms with Crippen molar-refractivity contribution in [3.63, 3.8) is 0 Å². The van der Waals surface area contributed by atoms with Gasteiger partial charge in [-0.15, -0.1) is 16.9 Å². The Labute approximate surface area is 132 Å². The van der Waals surface area contributed by atoms with Crippen molar-refractivity contribution < 1.29 is 19.4 Å². The molecule has 1 fully saturated rings. The summed E-state index contributed by atoms with van der Waals surface area (Å²) in [5.41, 5.74) is 6.41. The molecule has 0 bridgehead atoms. The van der Waals surface area contributed by atoms with Crippen molar-refractivity contribution in [2.24, 2.45) is 5.73 Å². The van der Waals surface area contributed by atoms with Gasteiger partial charge in [-0.05, 0) is 17.4 Å². The Balaban J connectivity index is 1.88. The number of aromatic nitrogens is 4. The number of tetrazole rings is 1. The molecule has 3 heterocycles. The van der Waals surface area contributed by atoms with Crippen LogP contribution >= 0.6 is 23.5 Å². The fraction of sp³-hybridized carbons (Fsp3) is 0.500. The smallest absolute Gasteiger partial charge is 0.449 e. The summed E-state index contributed by atoms with van der Waals surface area (Å²) in [7, 11) is 0. The van der Waals surface area contributed by atoms with Gasteiger partial charge in [0.25, 0.3) is 0 Å². The molecule has 2 aliphatic heterocycles. The second-order valence-corrected chi connectivity index (χ2v) is 7.03. The molecular formula is C10H12N6O4S2. The molecule has 2 unspecified atom stereocenters. The third-order valence-electron chi connectivity index (χ3n) is 3.28. The molecule has 0 aromatic carbocycles. The third kappa shape index (κ3) is 2.53. The van der Waals surface area contributed by atoms with E-state index < -0.39 is 12.2 Å². The Morgan fingerprint density at radius 2 is 2.45 bits per heavy atom. The van der Waals surface area contributed by atoms with E-state index in [9.17, 15) is 9.59 Å². The molecule has 4 N–H and O–H groups in total. The number of amides is 1. The van der Waals surface area contributed by atoms with Crippen LogP contribution in [-0.4, -0.2) is 65.1 Å². The van der Waals surface area contributed by atoms with Crippen LogP contribution in [0.2, 0.25) is 0 Å². The topological polar surface area (TPSA) is 147 Å². The molecule has 10 nitrogen and oxygen atoms in total. The predicted octanol–water partition coefficient (Wildman–Crippen LogP) is -0.171. The highest BCUT2D eigenvalue weighted by molar-refractivity contribution is 8.01. The summed E-state index contributed by atoms with van der Waals surface area (Å²) in [5.74, 6) is 0.223. The van der Waals surface area contributed by atoms with Gasteiger partial charge in [0.05, 0.1) is 0 Å². The molecule has 1 aromatic rings. The van der Waals surface area contributed by atoms with Gasteiger partial charge in [-0.25, -0.2) is 9.89 Å². The normalized spacial score (nSPS) is 25.5. The average molecular weight is 344 g/mol. The largest absolute Gasteiger partial charge is 0.512 e. The van der Waals surface area contributed by atoms with Gasteiger partial charge in [0.2, 0.25) is 16.9 Å². The molecule has 1 aromatic heterocycles. The number of fused-ring (bicyclic) bond motifs is 1. The minimum atomic E-state index is -1.47. The monoisotopic (exact) mass is 344 g/mol. The first-order valence-electron chi connectivity index (χ1n) is 6.23. The Kier molecular flexibility index (Phi) is 3.97. The lowest BCUT2D eigenvalue weighted by molar-refractivity contribution is -0.144. The maximum absolute atomic E-state index is 11.9. The Bertz CT molecular complexity index is 635. The molecule has 3 atom stereocenters. The number of β-lactam (4-membered cyclic amide) rings is 1. The van der Waals surface area contributed by atoms with E-state index in [1.165, 1.54) is 28.4 Å². The van der Waals surface area contributed by atoms with E-state index in [4.69, 9.17) is 15.6 Å². The molecule has 2 aliphatic rings. The van der Waals surface area contributed by atoms with E-state index in [0.717, 1.165) is 0 Å². The van der Waals surface area contributed by atoms with Crippen LogP contribution in [0.5, 0.6) is 0 Å². The van der Waals surface area contributed by atoms with Crippen LogP contribution in [0.15, 0.2) is 16.6 Å². The lowest BCUT2D eigenvalue weighted by Gasteiger charge is -2.48. The van der Waals surface area contributed by atoms with Gasteiger partial charge in [0.15, 0.2) is 0 Å². The Morgan fingerprint density at radius 1 is 1.68 bits per heavy atom. The zero-order valence-corrected chi connectivity index (χ0v) is 12.9. The number of nitrogens with one attached hydrogen (secondary N) is 1. The molecule has 22 heavy (non-hydrogen) atoms. The van der Waals surface area contributed by atoms with Gasteiger partial charge in [-0.3, -0.25) is 9.69 Å². The molecule has 0 saturated carbocycles. The number of carbonyl (C=O) groups excluding carboxylic acids is 1. The minimum Gasteiger partial charge on any atom is -0.449 e. The van der Waals surface area contributed by atoms with Gasteiger partial charge >= 0.3 is 6.16 Å². The van der Waals surface area contributed by atoms with Crippen molar-refractivity contribution in [3.8, 4) is 0 Å². The molecule has 3 rings (SSSR count). The summed E-state index contributed by atoms with van der Waals surface area (Å²) in [6.45, 7) is 1.86. The number of nitrogens with zero attached hydrogens (tertiary/aromatic N) is 4. The number of aromatic amines is 1. The van der Waals surface area contributed by atoms with E-state index in [1.807, 2.05) is 6.92 Å². The first-order chi connectivity index (χ1) is 10.5. The van der Waals surface area contributed by atoms with Crippen LogP contribution in [0, 0.1) is 0 Å². The quantitative estimate of drug-likeness (QED) is 0.382. The third-order valence-corrected chi connectivity index (χ3v) is 5.63. The molecule has 1 amide bonds. The number of hydrogen-bond donors (Lipinski definition) is 3. The van der Waals surface area contributed by atoms with Gasteiger partial charge in [0, 0.05) is 16.6 Å². The number of nitrogens with two attached hydrogens (primary N) is 1. The van der Waals surface area contributed by atoms with Crippen molar-refractivity contribution in [1.29, 1.82) is 0 Å². The summed E-state index contributed by atoms with van der Waals surface area (Å²) < 4.78 is 4.85. The number of H-pyrrole nitrogens is 1. The van der Waals surface area contributed by atoms with Crippen LogP contribution in [0.4, 0.5) is 4.79 Å². The first-order valence-corrected chi connectivity index (χ1v) is 8.16. The van der Waals surface area contributed by atoms with Gasteiger partial charge in [0.1, 0.15) is 11.4 Å². The number of ether oxygens (including phenoxy) is 1. The van der Waals surface area contributed by atoms with Crippen molar-refractivity contribution in [2.75, 3.05) is 5.75 Å². The maximum Gasteiger partial charge on any atom is 0.512 e. The molecule has 1 saturated heterocycles. The Morgan fingerprint density at radius 3 is 3.09 bits per heavy atom. The highest BCUT2D eigenvalue weighted by atomic mass is 32.2. The van der Waals surface area contributed by atoms with Crippen LogP contribution in [-0.2, 0) is 9.53 Å². The Hall–Kier alpha value is -1.79. The molecule has 12 heteroatoms. The number of rotatable bonds is 4. The van der Waals surface area contributed by atoms with Crippen LogP contribution in [0.25, 0.3) is 0 Å². The molecule has 118 valence electrons. The summed E-state index contributed by atoms with van der Waals surface area (Å²) in [6, 6.07) is -0.625. The predicted molar refractivity (Wildman–Crippen MR) is 76.7 cm³/mol. The van der Waals surface area contributed by atoms with E-state index in [0.29, 0.717) is 16.5 Å². The second kappa shape index (κ2) is 5.78. The molecule has 0 spiro atoms. The van der Waals surface area contributed by atoms with Crippen molar-refractivity contribution in [3.05, 3.63) is 11.5 Å². The average Bonchev–Trinajstić information content (AvgIpc) is 2.98. The number of carboxylic acid groups (broad SMARTS) is 1. The second-order valence-electron chi connectivity index (χ2n) is 4.60. The standard InChI is InChI=1S/C10H12N6O4S2/c1-3(22-9-12-14-15-13-9)4-2-21-8-5(11)6(17)16(8)7(4)20-10(18)19/h3,5,8H,2,11H2,1H3,(H,18,19)(H,12,13,14,15)/t3?,5?,8-/m0/s1.